The van der Waals surface area contributed by atoms with Crippen LogP contribution in [0, 0.1) is 0 Å². The Bertz CT molecular complexity index is 1210. The molecular weight excluding hydrogens is 406 g/mol. The second kappa shape index (κ2) is 9.78. The molecular formula is C22H22ClN3O2S. The van der Waals surface area contributed by atoms with Gasteiger partial charge < -0.3 is 14.9 Å². The van der Waals surface area contributed by atoms with Crippen LogP contribution in [0.2, 0.25) is 5.02 Å². The molecule has 0 aliphatic heterocycles. The molecule has 0 aliphatic carbocycles. The third kappa shape index (κ3) is 6.22. The number of thioether (sulfide) groups is 1. The molecule has 3 rings (SSSR count). The summed E-state index contributed by atoms with van der Waals surface area (Å²) in [5.41, 5.74) is 0.849. The van der Waals surface area contributed by atoms with Gasteiger partial charge in [0.05, 0.1) is 0 Å². The number of hydrogen-bond donors (Lipinski definition) is 2. The monoisotopic (exact) mass is 427 g/mol. The molecule has 150 valence electrons. The van der Waals surface area contributed by atoms with Crippen molar-refractivity contribution in [2.24, 2.45) is 0 Å². The average molecular weight is 428 g/mol. The molecule has 0 saturated heterocycles. The summed E-state index contributed by atoms with van der Waals surface area (Å²) >= 11 is 7.74. The number of H-pyrrole nitrogens is 2. The molecule has 0 spiro atoms. The standard InChI is InChI=1S/C22H22ClN3O2S/c1-26(2)10-11-29-18-8-6-15(7-9-18)13-19-21(27)25-20(22(28)24-19)14-16-4-3-5-17(23)12-16/h3-9,12-14H,10-11H2,1-2H3,(H,24,28)(H,25,27)/b19-13-,20-14-. The highest BCUT2D eigenvalue weighted by molar-refractivity contribution is 7.99. The van der Waals surface area contributed by atoms with Crippen molar-refractivity contribution in [3.63, 3.8) is 0 Å². The normalized spacial score (nSPS) is 12.7. The SMILES string of the molecule is CN(C)CCSc1ccc(/C=c2\[nH]c(=O)/c(=C/c3cccc(Cl)c3)[nH]c2=O)cc1. The Hall–Kier alpha value is -2.54. The summed E-state index contributed by atoms with van der Waals surface area (Å²) in [6, 6.07) is 14.9. The summed E-state index contributed by atoms with van der Waals surface area (Å²) in [6.45, 7) is 1.01. The number of benzene rings is 2. The number of halogens is 1. The minimum Gasteiger partial charge on any atom is -0.316 e. The number of rotatable bonds is 6. The van der Waals surface area contributed by atoms with Gasteiger partial charge in [0.15, 0.2) is 0 Å². The van der Waals surface area contributed by atoms with Gasteiger partial charge in [-0.15, -0.1) is 11.8 Å². The Balaban J connectivity index is 1.86. The molecule has 5 nitrogen and oxygen atoms in total. The lowest BCUT2D eigenvalue weighted by Gasteiger charge is -2.08. The van der Waals surface area contributed by atoms with Crippen molar-refractivity contribution in [1.29, 1.82) is 0 Å². The number of aromatic nitrogens is 2. The third-order valence-electron chi connectivity index (χ3n) is 4.14. The maximum atomic E-state index is 12.4. The lowest BCUT2D eigenvalue weighted by molar-refractivity contribution is 0.437. The Kier molecular flexibility index (Phi) is 7.14. The van der Waals surface area contributed by atoms with E-state index in [4.69, 9.17) is 11.6 Å². The maximum absolute atomic E-state index is 12.4. The van der Waals surface area contributed by atoms with Crippen molar-refractivity contribution >= 4 is 35.5 Å². The molecule has 0 bridgehead atoms. The van der Waals surface area contributed by atoms with Crippen LogP contribution in [0.15, 0.2) is 63.0 Å². The average Bonchev–Trinajstić information content (AvgIpc) is 2.67. The number of nitrogens with zero attached hydrogens (tertiary/aromatic N) is 1. The molecule has 1 heterocycles. The highest BCUT2D eigenvalue weighted by Crippen LogP contribution is 2.18. The fourth-order valence-electron chi connectivity index (χ4n) is 2.63. The molecule has 1 aromatic heterocycles. The summed E-state index contributed by atoms with van der Waals surface area (Å²) in [5.74, 6) is 1.01. The Labute approximate surface area is 177 Å². The van der Waals surface area contributed by atoms with Crippen LogP contribution in [-0.2, 0) is 0 Å². The molecule has 0 amide bonds. The molecule has 0 unspecified atom stereocenters. The maximum Gasteiger partial charge on any atom is 0.272 e. The van der Waals surface area contributed by atoms with Crippen LogP contribution in [0.5, 0.6) is 0 Å². The van der Waals surface area contributed by atoms with Gasteiger partial charge in [0.1, 0.15) is 10.7 Å². The molecule has 3 aromatic rings. The smallest absolute Gasteiger partial charge is 0.272 e. The topological polar surface area (TPSA) is 69.0 Å². The molecule has 7 heteroatoms. The van der Waals surface area contributed by atoms with Gasteiger partial charge in [-0.2, -0.15) is 0 Å². The van der Waals surface area contributed by atoms with Gasteiger partial charge in [-0.3, -0.25) is 9.59 Å². The number of hydrogen-bond acceptors (Lipinski definition) is 4. The van der Waals surface area contributed by atoms with Crippen LogP contribution in [0.1, 0.15) is 11.1 Å². The number of aromatic amines is 2. The van der Waals surface area contributed by atoms with Crippen molar-refractivity contribution in [1.82, 2.24) is 14.9 Å². The molecule has 0 saturated carbocycles. The summed E-state index contributed by atoms with van der Waals surface area (Å²) in [5, 5.41) is 0.958. The molecule has 29 heavy (non-hydrogen) atoms. The predicted octanol–water partition coefficient (Wildman–Crippen LogP) is 2.03. The first kappa shape index (κ1) is 21.2. The summed E-state index contributed by atoms with van der Waals surface area (Å²) in [6.07, 6.45) is 3.26. The van der Waals surface area contributed by atoms with E-state index in [-0.39, 0.29) is 21.8 Å². The van der Waals surface area contributed by atoms with Gasteiger partial charge >= 0.3 is 0 Å². The molecule has 0 atom stereocenters. The Morgan fingerprint density at radius 1 is 0.931 bits per heavy atom. The van der Waals surface area contributed by atoms with Crippen molar-refractivity contribution in [2.75, 3.05) is 26.4 Å². The van der Waals surface area contributed by atoms with Gasteiger partial charge in [-0.1, -0.05) is 35.9 Å². The summed E-state index contributed by atoms with van der Waals surface area (Å²) in [7, 11) is 4.10. The fourth-order valence-corrected chi connectivity index (χ4v) is 3.85. The van der Waals surface area contributed by atoms with Crippen molar-refractivity contribution in [2.45, 2.75) is 4.90 Å². The largest absolute Gasteiger partial charge is 0.316 e. The van der Waals surface area contributed by atoms with E-state index in [1.54, 1.807) is 42.1 Å². The van der Waals surface area contributed by atoms with E-state index in [2.05, 4.69) is 29.0 Å². The van der Waals surface area contributed by atoms with Crippen LogP contribution >= 0.6 is 23.4 Å². The van der Waals surface area contributed by atoms with Gasteiger partial charge in [0, 0.05) is 22.2 Å². The minimum atomic E-state index is -0.369. The van der Waals surface area contributed by atoms with E-state index in [1.165, 1.54) is 0 Å². The van der Waals surface area contributed by atoms with Crippen LogP contribution in [0.4, 0.5) is 0 Å². The van der Waals surface area contributed by atoms with Crippen molar-refractivity contribution < 1.29 is 0 Å². The van der Waals surface area contributed by atoms with Crippen LogP contribution in [0.3, 0.4) is 0 Å². The van der Waals surface area contributed by atoms with Gasteiger partial charge in [-0.05, 0) is 61.6 Å². The van der Waals surface area contributed by atoms with Gasteiger partial charge in [-0.25, -0.2) is 0 Å². The third-order valence-corrected chi connectivity index (χ3v) is 5.37. The van der Waals surface area contributed by atoms with E-state index >= 15 is 0 Å². The fraction of sp³-hybridized carbons (Fsp3) is 0.182. The first-order chi connectivity index (χ1) is 13.9. The number of nitrogens with one attached hydrogen (secondary N) is 2. The molecule has 2 aromatic carbocycles. The first-order valence-electron chi connectivity index (χ1n) is 9.10. The Morgan fingerprint density at radius 3 is 2.14 bits per heavy atom. The van der Waals surface area contributed by atoms with Gasteiger partial charge in [0.2, 0.25) is 0 Å². The zero-order valence-corrected chi connectivity index (χ0v) is 17.8. The van der Waals surface area contributed by atoms with E-state index in [1.807, 2.05) is 30.3 Å². The lowest BCUT2D eigenvalue weighted by Crippen LogP contribution is -2.46. The lowest BCUT2D eigenvalue weighted by atomic mass is 10.2. The molecule has 0 fully saturated rings. The second-order valence-electron chi connectivity index (χ2n) is 6.80. The van der Waals surface area contributed by atoms with Crippen LogP contribution in [-0.4, -0.2) is 41.3 Å². The minimum absolute atomic E-state index is 0.182. The zero-order chi connectivity index (χ0) is 20.8. The van der Waals surface area contributed by atoms with E-state index in [0.29, 0.717) is 5.02 Å². The second-order valence-corrected chi connectivity index (χ2v) is 8.40. The predicted molar refractivity (Wildman–Crippen MR) is 121 cm³/mol. The highest BCUT2D eigenvalue weighted by Gasteiger charge is 1.99. The summed E-state index contributed by atoms with van der Waals surface area (Å²) in [4.78, 5) is 33.4. The summed E-state index contributed by atoms with van der Waals surface area (Å²) < 4.78 is 0. The van der Waals surface area contributed by atoms with Gasteiger partial charge in [0.25, 0.3) is 11.1 Å². The van der Waals surface area contributed by atoms with Crippen LogP contribution in [0.25, 0.3) is 12.2 Å². The van der Waals surface area contributed by atoms with E-state index in [0.717, 1.165) is 28.3 Å². The Morgan fingerprint density at radius 2 is 1.55 bits per heavy atom. The van der Waals surface area contributed by atoms with E-state index < -0.39 is 0 Å². The first-order valence-corrected chi connectivity index (χ1v) is 10.5. The molecule has 0 aliphatic rings. The van der Waals surface area contributed by atoms with Crippen molar-refractivity contribution in [3.05, 3.63) is 96.1 Å². The molecule has 0 radical (unpaired) electrons. The van der Waals surface area contributed by atoms with Crippen molar-refractivity contribution in [3.8, 4) is 0 Å². The zero-order valence-electron chi connectivity index (χ0n) is 16.2. The van der Waals surface area contributed by atoms with E-state index in [9.17, 15) is 9.59 Å². The van der Waals surface area contributed by atoms with Crippen LogP contribution < -0.4 is 21.8 Å². The molecule has 2 N–H and O–H groups in total. The highest BCUT2D eigenvalue weighted by atomic mass is 35.5. The quantitative estimate of drug-likeness (QED) is 0.590.